The number of benzene rings is 4. The van der Waals surface area contributed by atoms with Crippen molar-refractivity contribution < 1.29 is 51.1 Å². The molecule has 0 saturated carbocycles. The molecule has 58 heavy (non-hydrogen) atoms. The molecule has 0 fully saturated rings. The van der Waals surface area contributed by atoms with Crippen molar-refractivity contribution in [3.63, 3.8) is 0 Å². The molecule has 0 aliphatic rings. The van der Waals surface area contributed by atoms with Crippen molar-refractivity contribution in [2.75, 3.05) is 0 Å². The lowest BCUT2D eigenvalue weighted by molar-refractivity contribution is -0.137. The number of halogens is 3. The lowest BCUT2D eigenvalue weighted by atomic mass is 10.0. The third kappa shape index (κ3) is 9.70. The summed E-state index contributed by atoms with van der Waals surface area (Å²) in [7, 11) is 0. The highest BCUT2D eigenvalue weighted by atomic mass is 19.4. The first kappa shape index (κ1) is 45.4. The third-order valence-corrected chi connectivity index (χ3v) is 8.81. The number of aromatic carboxylic acids is 2. The molecule has 3 heterocycles. The molecule has 14 heteroatoms. The molecule has 0 unspecified atom stereocenters. The van der Waals surface area contributed by atoms with Crippen LogP contribution in [0.4, 0.5) is 13.2 Å². The van der Waals surface area contributed by atoms with Crippen molar-refractivity contribution in [3.05, 3.63) is 135 Å². The van der Waals surface area contributed by atoms with Crippen LogP contribution in [0.25, 0.3) is 50.7 Å². The summed E-state index contributed by atoms with van der Waals surface area (Å²) in [5.41, 5.74) is 10.8. The van der Waals surface area contributed by atoms with Gasteiger partial charge in [0.25, 0.3) is 5.89 Å². The normalized spacial score (nSPS) is 10.7. The molecule has 0 atom stereocenters. The van der Waals surface area contributed by atoms with Crippen molar-refractivity contribution in [2.45, 2.75) is 62.6 Å². The SMILES string of the molecule is C.C.C=C(N)c1ccc(C(=O)O)cc1C(F)(F)F.CC(=O)c1cc2c(C)ccc(C)c2o1.Cc1cc(C(=O)O)ccc1-c1noc(-c2cc3c(C)ccc(C)c3o2)n1. The van der Waals surface area contributed by atoms with E-state index < -0.39 is 29.2 Å². The van der Waals surface area contributed by atoms with Gasteiger partial charge in [0.15, 0.2) is 17.3 Å². The van der Waals surface area contributed by atoms with E-state index in [1.807, 2.05) is 71.0 Å². The molecule has 0 radical (unpaired) electrons. The fraction of sp³-hybridized carbons (Fsp3) is 0.205. The first-order chi connectivity index (χ1) is 26.3. The van der Waals surface area contributed by atoms with Gasteiger partial charge in [-0.1, -0.05) is 56.9 Å². The van der Waals surface area contributed by atoms with Gasteiger partial charge in [-0.2, -0.15) is 18.2 Å². The maximum Gasteiger partial charge on any atom is 0.417 e. The van der Waals surface area contributed by atoms with Crippen LogP contribution in [0.1, 0.15) is 92.0 Å². The Morgan fingerprint density at radius 2 is 1.22 bits per heavy atom. The van der Waals surface area contributed by atoms with Gasteiger partial charge in [-0.3, -0.25) is 4.79 Å². The number of nitrogens with two attached hydrogens (primary N) is 1. The number of hydrogen-bond donors (Lipinski definition) is 3. The van der Waals surface area contributed by atoms with Gasteiger partial charge in [0, 0.05) is 34.5 Å². The van der Waals surface area contributed by atoms with Crippen molar-refractivity contribution >= 4 is 45.4 Å². The van der Waals surface area contributed by atoms with E-state index in [2.05, 4.69) is 16.7 Å². The maximum atomic E-state index is 12.6. The fourth-order valence-corrected chi connectivity index (χ4v) is 5.74. The first-order valence-electron chi connectivity index (χ1n) is 16.8. The van der Waals surface area contributed by atoms with Crippen molar-refractivity contribution in [1.29, 1.82) is 0 Å². The van der Waals surface area contributed by atoms with Crippen LogP contribution in [0.5, 0.6) is 0 Å². The highest BCUT2D eigenvalue weighted by Crippen LogP contribution is 2.35. The zero-order valence-electron chi connectivity index (χ0n) is 31.1. The van der Waals surface area contributed by atoms with Crippen LogP contribution in [0.3, 0.4) is 0 Å². The quantitative estimate of drug-likeness (QED) is 0.136. The predicted molar refractivity (Wildman–Crippen MR) is 217 cm³/mol. The lowest BCUT2D eigenvalue weighted by Crippen LogP contribution is -2.12. The second kappa shape index (κ2) is 17.9. The van der Waals surface area contributed by atoms with Gasteiger partial charge in [0.05, 0.1) is 16.7 Å². The molecule has 7 rings (SSSR count). The number of Topliss-reactive ketones (excluding diaryl/α,β-unsaturated/α-hetero) is 1. The molecule has 0 bridgehead atoms. The van der Waals surface area contributed by atoms with Crippen LogP contribution in [0, 0.1) is 34.6 Å². The number of hydrogen-bond acceptors (Lipinski definition) is 9. The van der Waals surface area contributed by atoms with Gasteiger partial charge in [-0.15, -0.1) is 0 Å². The zero-order valence-corrected chi connectivity index (χ0v) is 31.1. The van der Waals surface area contributed by atoms with E-state index >= 15 is 0 Å². The van der Waals surface area contributed by atoms with Gasteiger partial charge >= 0.3 is 18.1 Å². The van der Waals surface area contributed by atoms with Crippen molar-refractivity contribution in [2.24, 2.45) is 5.73 Å². The minimum Gasteiger partial charge on any atom is -0.478 e. The topological polar surface area (TPSA) is 183 Å². The number of carboxylic acid groups (broad SMARTS) is 2. The van der Waals surface area contributed by atoms with E-state index in [4.69, 9.17) is 29.3 Å². The van der Waals surface area contributed by atoms with Gasteiger partial charge in [0.2, 0.25) is 5.82 Å². The Bertz CT molecular complexity index is 2590. The maximum absolute atomic E-state index is 12.6. The van der Waals surface area contributed by atoms with E-state index in [-0.39, 0.29) is 43.4 Å². The summed E-state index contributed by atoms with van der Waals surface area (Å²) < 4.78 is 54.5. The number of carbonyl (C=O) groups is 3. The van der Waals surface area contributed by atoms with Crippen LogP contribution in [-0.2, 0) is 6.18 Å². The summed E-state index contributed by atoms with van der Waals surface area (Å²) in [6.07, 6.45) is -4.66. The average Bonchev–Trinajstić information content (AvgIpc) is 3.91. The van der Waals surface area contributed by atoms with Crippen molar-refractivity contribution in [3.8, 4) is 23.0 Å². The molecule has 4 N–H and O–H groups in total. The molecule has 0 saturated heterocycles. The van der Waals surface area contributed by atoms with Crippen molar-refractivity contribution in [1.82, 2.24) is 10.1 Å². The van der Waals surface area contributed by atoms with E-state index in [1.54, 1.807) is 12.1 Å². The second-order valence-electron chi connectivity index (χ2n) is 13.0. The van der Waals surface area contributed by atoms with Crippen LogP contribution < -0.4 is 5.73 Å². The standard InChI is InChI=1S/C20H16N2O4.C12H12O2.C10H8F3NO2.2CH4/c1-10-4-5-11(2)17-15(10)9-16(25-17)19-21-18(22-26-19)14-7-6-13(20(23)24)8-12(14)3;1-7-4-5-8(2)12-10(7)6-11(14-12)9(3)13;1-5(14)7-3-2-6(9(15)16)4-8(7)10(11,12)13;;/h4-9H,1-3H3,(H,23,24);4-6H,1-3H3;2-4H,1,14H2,(H,15,16);2*1H4. The fourth-order valence-electron chi connectivity index (χ4n) is 5.74. The highest BCUT2D eigenvalue weighted by Gasteiger charge is 2.34. The van der Waals surface area contributed by atoms with Crippen LogP contribution in [0.15, 0.2) is 92.7 Å². The third-order valence-electron chi connectivity index (χ3n) is 8.81. The van der Waals surface area contributed by atoms with E-state index in [1.165, 1.54) is 13.0 Å². The molecule has 4 aromatic carbocycles. The van der Waals surface area contributed by atoms with E-state index in [9.17, 15) is 27.6 Å². The molecular formula is C44H44F3N3O8. The number of ketones is 1. The molecule has 0 amide bonds. The lowest BCUT2D eigenvalue weighted by Gasteiger charge is -2.13. The number of aryl methyl sites for hydroxylation is 5. The Morgan fingerprint density at radius 3 is 1.71 bits per heavy atom. The Balaban J connectivity index is 0.000000244. The van der Waals surface area contributed by atoms with E-state index in [0.717, 1.165) is 61.9 Å². The summed E-state index contributed by atoms with van der Waals surface area (Å²) >= 11 is 0. The molecular weight excluding hydrogens is 755 g/mol. The molecule has 0 spiro atoms. The summed E-state index contributed by atoms with van der Waals surface area (Å²) in [4.78, 5) is 37.2. The smallest absolute Gasteiger partial charge is 0.417 e. The largest absolute Gasteiger partial charge is 0.478 e. The Labute approximate surface area is 332 Å². The molecule has 304 valence electrons. The highest BCUT2D eigenvalue weighted by molar-refractivity contribution is 5.97. The molecule has 0 aliphatic heterocycles. The monoisotopic (exact) mass is 799 g/mol. The number of fused-ring (bicyclic) bond motifs is 2. The first-order valence-corrected chi connectivity index (χ1v) is 16.8. The van der Waals surface area contributed by atoms with Crippen LogP contribution in [0.2, 0.25) is 0 Å². The number of nitrogens with zero attached hydrogens (tertiary/aromatic N) is 2. The summed E-state index contributed by atoms with van der Waals surface area (Å²) in [5.74, 6) is -0.797. The molecule has 0 aliphatic carbocycles. The van der Waals surface area contributed by atoms with Crippen LogP contribution in [-0.4, -0.2) is 38.1 Å². The number of carboxylic acids is 2. The Morgan fingerprint density at radius 1 is 0.707 bits per heavy atom. The predicted octanol–water partition coefficient (Wildman–Crippen LogP) is 11.6. The van der Waals surface area contributed by atoms with Gasteiger partial charge in [-0.25, -0.2) is 9.59 Å². The van der Waals surface area contributed by atoms with Gasteiger partial charge in [0.1, 0.15) is 11.2 Å². The molecule has 11 nitrogen and oxygen atoms in total. The number of aromatic nitrogens is 2. The van der Waals surface area contributed by atoms with Gasteiger partial charge in [-0.05, 0) is 105 Å². The number of furan rings is 2. The molecule has 3 aromatic heterocycles. The molecule has 7 aromatic rings. The minimum absolute atomic E-state index is 0. The van der Waals surface area contributed by atoms with Crippen LogP contribution >= 0.6 is 0 Å². The van der Waals surface area contributed by atoms with E-state index in [0.29, 0.717) is 29.0 Å². The summed E-state index contributed by atoms with van der Waals surface area (Å²) in [6.45, 7) is 14.5. The summed E-state index contributed by atoms with van der Waals surface area (Å²) in [6, 6.07) is 19.2. The van der Waals surface area contributed by atoms with Gasteiger partial charge < -0.3 is 29.3 Å². The Hall–Kier alpha value is -6.96. The summed E-state index contributed by atoms with van der Waals surface area (Å²) in [5, 5.41) is 23.7. The Kier molecular flexibility index (Phi) is 14.0. The minimum atomic E-state index is -4.66. The second-order valence-corrected chi connectivity index (χ2v) is 13.0. The number of rotatable bonds is 6. The number of alkyl halides is 3. The zero-order chi connectivity index (χ0) is 41.2. The average molecular weight is 800 g/mol. The number of carbonyl (C=O) groups excluding carboxylic acids is 1.